The van der Waals surface area contributed by atoms with Crippen molar-refractivity contribution in [2.75, 3.05) is 6.61 Å². The van der Waals surface area contributed by atoms with Gasteiger partial charge in [-0.25, -0.2) is 12.1 Å². The number of hydrogen-bond acceptors (Lipinski definition) is 3. The minimum absolute atomic E-state index is 0. The molecule has 1 saturated carbocycles. The molecule has 130 valence electrons. The molecule has 2 atom stereocenters. The van der Waals surface area contributed by atoms with Gasteiger partial charge in [0.1, 0.15) is 0 Å². The second-order valence-corrected chi connectivity index (χ2v) is 6.03. The zero-order valence-corrected chi connectivity index (χ0v) is 14.7. The number of hydrogen-bond donors (Lipinski definition) is 0. The Morgan fingerprint density at radius 3 is 2.13 bits per heavy atom. The Morgan fingerprint density at radius 1 is 1.13 bits per heavy atom. The van der Waals surface area contributed by atoms with Crippen molar-refractivity contribution in [1.29, 1.82) is 0 Å². The van der Waals surface area contributed by atoms with Crippen LogP contribution >= 0.6 is 0 Å². The summed E-state index contributed by atoms with van der Waals surface area (Å²) in [6.45, 7) is 6.03. The standard InChI is InChI=1S/C14H17O3.C5H5.Fe/c1-4-17-13(16)11-10(14(11,2)3)12(15)9-7-5-6-8-9;1-2-4-5-3-1;/h5-8,10-11H,4H2,1-3H3;1-5H;/q-5;-1;. The predicted octanol–water partition coefficient (Wildman–Crippen LogP) is 3.83. The van der Waals surface area contributed by atoms with Crippen molar-refractivity contribution in [1.82, 2.24) is 0 Å². The van der Waals surface area contributed by atoms with Gasteiger partial charge in [-0.3, -0.25) is 10.6 Å². The first kappa shape index (κ1) is 19.4. The Kier molecular flexibility index (Phi) is 6.99. The molecule has 4 heteroatoms. The quantitative estimate of drug-likeness (QED) is 0.363. The molecular formula is C19H22FeO3-6. The predicted molar refractivity (Wildman–Crippen MR) is 85.8 cm³/mol. The Morgan fingerprint density at radius 2 is 1.70 bits per heavy atom. The summed E-state index contributed by atoms with van der Waals surface area (Å²) in [6.07, 6.45) is 0. The average molecular weight is 354 g/mol. The van der Waals surface area contributed by atoms with E-state index in [0.29, 0.717) is 12.2 Å². The maximum absolute atomic E-state index is 12.2. The molecule has 2 aromatic carbocycles. The van der Waals surface area contributed by atoms with Crippen LogP contribution in [0, 0.1) is 17.3 Å². The molecule has 0 amide bonds. The monoisotopic (exact) mass is 354 g/mol. The van der Waals surface area contributed by atoms with E-state index in [0.717, 1.165) is 0 Å². The zero-order valence-electron chi connectivity index (χ0n) is 13.6. The second-order valence-electron chi connectivity index (χ2n) is 6.03. The van der Waals surface area contributed by atoms with Crippen molar-refractivity contribution in [3.8, 4) is 0 Å². The number of carbonyl (C=O) groups excluding carboxylic acids is 2. The van der Waals surface area contributed by atoms with Gasteiger partial charge in [-0.2, -0.15) is 18.2 Å². The van der Waals surface area contributed by atoms with Gasteiger partial charge in [-0.1, -0.05) is 19.8 Å². The zero-order chi connectivity index (χ0) is 16.2. The van der Waals surface area contributed by atoms with Crippen LogP contribution in [0.4, 0.5) is 0 Å². The molecule has 23 heavy (non-hydrogen) atoms. The van der Waals surface area contributed by atoms with Gasteiger partial charge in [-0.05, 0) is 12.3 Å². The van der Waals surface area contributed by atoms with E-state index >= 15 is 0 Å². The van der Waals surface area contributed by atoms with Gasteiger partial charge < -0.3 is 39.4 Å². The molecule has 0 saturated heterocycles. The number of Topliss-reactive ketones (excluding diaryl/α,β-unsaturated/α-hetero) is 1. The Balaban J connectivity index is 0.000000377. The number of ether oxygens (including phenoxy) is 1. The Bertz CT molecular complexity index is 579. The summed E-state index contributed by atoms with van der Waals surface area (Å²) in [7, 11) is 0. The fourth-order valence-corrected chi connectivity index (χ4v) is 2.84. The van der Waals surface area contributed by atoms with Crippen LogP contribution in [0.2, 0.25) is 0 Å². The molecular weight excluding hydrogens is 332 g/mol. The number of ketones is 1. The summed E-state index contributed by atoms with van der Waals surface area (Å²) in [5.74, 6) is -0.714. The fraction of sp³-hybridized carbons (Fsp3) is 0.368. The first-order chi connectivity index (χ1) is 10.5. The molecule has 1 aliphatic carbocycles. The molecule has 0 heterocycles. The smallest absolute Gasteiger partial charge is 0.307 e. The third-order valence-electron chi connectivity index (χ3n) is 4.15. The molecule has 2 aromatic rings. The van der Waals surface area contributed by atoms with E-state index in [1.807, 2.05) is 56.3 Å². The normalized spacial score (nSPS) is 20.5. The first-order valence-electron chi connectivity index (χ1n) is 7.59. The molecule has 0 spiro atoms. The van der Waals surface area contributed by atoms with Gasteiger partial charge in [0.2, 0.25) is 0 Å². The molecule has 0 aliphatic heterocycles. The summed E-state index contributed by atoms with van der Waals surface area (Å²) in [6, 6.07) is 17.3. The van der Waals surface area contributed by atoms with Crippen molar-refractivity contribution in [3.05, 3.63) is 60.2 Å². The number of esters is 1. The van der Waals surface area contributed by atoms with Crippen LogP contribution < -0.4 is 0 Å². The summed E-state index contributed by atoms with van der Waals surface area (Å²) in [5.41, 5.74) is 0.413. The molecule has 0 aromatic heterocycles. The van der Waals surface area contributed by atoms with E-state index in [4.69, 9.17) is 4.74 Å². The minimum atomic E-state index is -0.287. The van der Waals surface area contributed by atoms with Gasteiger partial charge in [-0.15, -0.1) is 0 Å². The van der Waals surface area contributed by atoms with Gasteiger partial charge in [0.25, 0.3) is 0 Å². The van der Waals surface area contributed by atoms with E-state index in [1.54, 1.807) is 19.1 Å². The molecule has 1 fully saturated rings. The average Bonchev–Trinajstić information content (AvgIpc) is 3.03. The first-order valence-corrected chi connectivity index (χ1v) is 7.59. The van der Waals surface area contributed by atoms with Crippen LogP contribution in [-0.4, -0.2) is 18.4 Å². The Hall–Kier alpha value is -1.64. The van der Waals surface area contributed by atoms with Gasteiger partial charge in [0, 0.05) is 23.0 Å². The molecule has 0 bridgehead atoms. The second kappa shape index (κ2) is 8.28. The maximum Gasteiger partial charge on any atom is 0.307 e. The topological polar surface area (TPSA) is 43.4 Å². The van der Waals surface area contributed by atoms with Crippen LogP contribution in [0.5, 0.6) is 0 Å². The van der Waals surface area contributed by atoms with E-state index in [2.05, 4.69) is 0 Å². The summed E-state index contributed by atoms with van der Waals surface area (Å²) in [5, 5.41) is 0. The van der Waals surface area contributed by atoms with Crippen molar-refractivity contribution >= 4 is 11.8 Å². The molecule has 3 rings (SSSR count). The summed E-state index contributed by atoms with van der Waals surface area (Å²) < 4.78 is 5.01. The minimum Gasteiger partial charge on any atom is -0.718 e. The van der Waals surface area contributed by atoms with Crippen LogP contribution in [0.1, 0.15) is 31.1 Å². The van der Waals surface area contributed by atoms with Crippen molar-refractivity contribution in [2.45, 2.75) is 20.8 Å². The largest absolute Gasteiger partial charge is 0.718 e. The SMILES string of the molecule is CCOC(=O)C1C(C(=O)[c-]2[cH-][cH-][cH-][cH-]2)C1(C)C.[Fe].c1cc[cH-]c1. The maximum atomic E-state index is 12.2. The van der Waals surface area contributed by atoms with E-state index in [1.165, 1.54) is 0 Å². The Labute approximate surface area is 148 Å². The fourth-order valence-electron chi connectivity index (χ4n) is 2.84. The van der Waals surface area contributed by atoms with Crippen LogP contribution in [0.15, 0.2) is 54.6 Å². The van der Waals surface area contributed by atoms with Crippen LogP contribution in [0.3, 0.4) is 0 Å². The summed E-state index contributed by atoms with van der Waals surface area (Å²) in [4.78, 5) is 23.9. The number of carbonyl (C=O) groups is 2. The third kappa shape index (κ3) is 4.43. The summed E-state index contributed by atoms with van der Waals surface area (Å²) >= 11 is 0. The van der Waals surface area contributed by atoms with Gasteiger partial charge >= 0.3 is 5.97 Å². The van der Waals surface area contributed by atoms with Gasteiger partial charge in [0.05, 0.1) is 6.61 Å². The van der Waals surface area contributed by atoms with E-state index in [9.17, 15) is 9.59 Å². The third-order valence-corrected chi connectivity index (χ3v) is 4.15. The molecule has 0 radical (unpaired) electrons. The molecule has 2 unspecified atom stereocenters. The van der Waals surface area contributed by atoms with E-state index < -0.39 is 0 Å². The van der Waals surface area contributed by atoms with Crippen LogP contribution in [0.25, 0.3) is 0 Å². The molecule has 0 N–H and O–H groups in total. The van der Waals surface area contributed by atoms with Crippen molar-refractivity contribution < 1.29 is 31.4 Å². The molecule has 3 nitrogen and oxygen atoms in total. The number of rotatable bonds is 4. The van der Waals surface area contributed by atoms with Crippen molar-refractivity contribution in [2.24, 2.45) is 17.3 Å². The van der Waals surface area contributed by atoms with Crippen molar-refractivity contribution in [3.63, 3.8) is 0 Å². The van der Waals surface area contributed by atoms with Crippen LogP contribution in [-0.2, 0) is 26.6 Å². The van der Waals surface area contributed by atoms with Gasteiger partial charge in [0.15, 0.2) is 0 Å². The molecule has 1 aliphatic rings. The van der Waals surface area contributed by atoms with E-state index in [-0.39, 0.29) is 46.1 Å².